The zero-order valence-electron chi connectivity index (χ0n) is 11.7. The van der Waals surface area contributed by atoms with Gasteiger partial charge in [0.2, 0.25) is 0 Å². The Labute approximate surface area is 113 Å². The molecule has 0 N–H and O–H groups in total. The first kappa shape index (κ1) is 15.5. The summed E-state index contributed by atoms with van der Waals surface area (Å²) in [5, 5.41) is 0. The predicted octanol–water partition coefficient (Wildman–Crippen LogP) is 1.38. The van der Waals surface area contributed by atoms with Crippen LogP contribution in [0.25, 0.3) is 0 Å². The third-order valence-corrected chi connectivity index (χ3v) is 2.77. The Hall–Kier alpha value is -1.59. The van der Waals surface area contributed by atoms with E-state index in [0.29, 0.717) is 32.2 Å². The molecule has 0 spiro atoms. The number of hydrogen-bond acceptors (Lipinski definition) is 5. The fourth-order valence-corrected chi connectivity index (χ4v) is 1.86. The van der Waals surface area contributed by atoms with E-state index in [9.17, 15) is 14.4 Å². The highest BCUT2D eigenvalue weighted by molar-refractivity contribution is 5.75. The standard InChI is InChI=1S/C13H21NO5/c1-13(2,3)19-12(17)14-6-4-10(5-7-14)11(16)18-9-8-15/h8,10H,4-7,9H2,1-3H3. The first-order chi connectivity index (χ1) is 8.83. The number of rotatable bonds is 3. The minimum Gasteiger partial charge on any atom is -0.458 e. The van der Waals surface area contributed by atoms with Crippen LogP contribution in [0, 0.1) is 5.92 Å². The number of ether oxygens (including phenoxy) is 2. The van der Waals surface area contributed by atoms with Crippen LogP contribution in [0.2, 0.25) is 0 Å². The van der Waals surface area contributed by atoms with Crippen LogP contribution >= 0.6 is 0 Å². The number of piperidine rings is 1. The smallest absolute Gasteiger partial charge is 0.410 e. The number of hydrogen-bond donors (Lipinski definition) is 0. The normalized spacial score (nSPS) is 16.9. The first-order valence-electron chi connectivity index (χ1n) is 6.41. The second-order valence-electron chi connectivity index (χ2n) is 5.54. The monoisotopic (exact) mass is 271 g/mol. The molecule has 1 fully saturated rings. The molecule has 1 heterocycles. The molecule has 0 radical (unpaired) electrons. The van der Waals surface area contributed by atoms with Gasteiger partial charge in [-0.2, -0.15) is 0 Å². The molecular formula is C13H21NO5. The Morgan fingerprint density at radius 3 is 2.32 bits per heavy atom. The lowest BCUT2D eigenvalue weighted by atomic mass is 9.97. The Morgan fingerprint density at radius 2 is 1.84 bits per heavy atom. The third-order valence-electron chi connectivity index (χ3n) is 2.77. The lowest BCUT2D eigenvalue weighted by Crippen LogP contribution is -2.43. The van der Waals surface area contributed by atoms with E-state index < -0.39 is 5.60 Å². The minimum absolute atomic E-state index is 0.203. The average Bonchev–Trinajstić information content (AvgIpc) is 2.34. The quantitative estimate of drug-likeness (QED) is 0.572. The molecule has 108 valence electrons. The molecule has 0 aromatic carbocycles. The van der Waals surface area contributed by atoms with Crippen molar-refractivity contribution in [3.8, 4) is 0 Å². The van der Waals surface area contributed by atoms with Crippen molar-refractivity contribution in [2.75, 3.05) is 19.7 Å². The van der Waals surface area contributed by atoms with Crippen molar-refractivity contribution in [2.45, 2.75) is 39.2 Å². The fourth-order valence-electron chi connectivity index (χ4n) is 1.86. The zero-order valence-corrected chi connectivity index (χ0v) is 11.7. The molecule has 0 bridgehead atoms. The van der Waals surface area contributed by atoms with Crippen LogP contribution in [0.5, 0.6) is 0 Å². The summed E-state index contributed by atoms with van der Waals surface area (Å²) in [7, 11) is 0. The van der Waals surface area contributed by atoms with Crippen LogP contribution < -0.4 is 0 Å². The first-order valence-corrected chi connectivity index (χ1v) is 6.41. The van der Waals surface area contributed by atoms with E-state index in [-0.39, 0.29) is 24.6 Å². The lowest BCUT2D eigenvalue weighted by Gasteiger charge is -2.32. The predicted molar refractivity (Wildman–Crippen MR) is 67.6 cm³/mol. The van der Waals surface area contributed by atoms with Crippen molar-refractivity contribution in [2.24, 2.45) is 5.92 Å². The summed E-state index contributed by atoms with van der Waals surface area (Å²) >= 11 is 0. The van der Waals surface area contributed by atoms with Gasteiger partial charge in [0.25, 0.3) is 0 Å². The summed E-state index contributed by atoms with van der Waals surface area (Å²) in [4.78, 5) is 35.1. The maximum absolute atomic E-state index is 11.8. The van der Waals surface area contributed by atoms with Gasteiger partial charge in [0, 0.05) is 13.1 Å². The van der Waals surface area contributed by atoms with Crippen molar-refractivity contribution in [1.29, 1.82) is 0 Å². The lowest BCUT2D eigenvalue weighted by molar-refractivity contribution is -0.151. The van der Waals surface area contributed by atoms with Crippen molar-refractivity contribution in [3.05, 3.63) is 0 Å². The number of carbonyl (C=O) groups excluding carboxylic acids is 3. The molecule has 1 saturated heterocycles. The topological polar surface area (TPSA) is 72.9 Å². The van der Waals surface area contributed by atoms with Gasteiger partial charge in [0.1, 0.15) is 12.2 Å². The number of amides is 1. The summed E-state index contributed by atoms with van der Waals surface area (Å²) < 4.78 is 10.0. The van der Waals surface area contributed by atoms with Gasteiger partial charge in [-0.15, -0.1) is 0 Å². The van der Waals surface area contributed by atoms with Gasteiger partial charge >= 0.3 is 12.1 Å². The molecule has 0 aliphatic carbocycles. The summed E-state index contributed by atoms with van der Waals surface area (Å²) in [5.74, 6) is -0.602. The van der Waals surface area contributed by atoms with Crippen LogP contribution in [-0.4, -0.2) is 48.5 Å². The number of aldehydes is 1. The Balaban J connectivity index is 2.38. The number of nitrogens with zero attached hydrogens (tertiary/aromatic N) is 1. The van der Waals surface area contributed by atoms with Crippen LogP contribution in [0.4, 0.5) is 4.79 Å². The van der Waals surface area contributed by atoms with E-state index in [0.717, 1.165) is 0 Å². The molecule has 19 heavy (non-hydrogen) atoms. The SMILES string of the molecule is CC(C)(C)OC(=O)N1CCC(C(=O)OCC=O)CC1. The van der Waals surface area contributed by atoms with Crippen LogP contribution in [0.15, 0.2) is 0 Å². The van der Waals surface area contributed by atoms with E-state index in [2.05, 4.69) is 0 Å². The van der Waals surface area contributed by atoms with Gasteiger partial charge in [-0.1, -0.05) is 0 Å². The largest absolute Gasteiger partial charge is 0.458 e. The number of carbonyl (C=O) groups is 3. The Bertz CT molecular complexity index is 339. The molecule has 0 atom stereocenters. The Kier molecular flexibility index (Phi) is 5.32. The fraction of sp³-hybridized carbons (Fsp3) is 0.769. The zero-order chi connectivity index (χ0) is 14.5. The molecule has 0 saturated carbocycles. The molecule has 1 amide bonds. The molecule has 1 rings (SSSR count). The number of likely N-dealkylation sites (tertiary alicyclic amines) is 1. The number of esters is 1. The van der Waals surface area contributed by atoms with E-state index in [1.807, 2.05) is 20.8 Å². The van der Waals surface area contributed by atoms with Crippen molar-refractivity contribution in [1.82, 2.24) is 4.90 Å². The molecular weight excluding hydrogens is 250 g/mol. The summed E-state index contributed by atoms with van der Waals surface area (Å²) in [6.45, 7) is 6.17. The highest BCUT2D eigenvalue weighted by Gasteiger charge is 2.30. The summed E-state index contributed by atoms with van der Waals surface area (Å²) in [5.41, 5.74) is -0.517. The molecule has 1 aliphatic rings. The van der Waals surface area contributed by atoms with Crippen LogP contribution in [-0.2, 0) is 19.1 Å². The molecule has 6 nitrogen and oxygen atoms in total. The minimum atomic E-state index is -0.517. The highest BCUT2D eigenvalue weighted by Crippen LogP contribution is 2.20. The highest BCUT2D eigenvalue weighted by atomic mass is 16.6. The van der Waals surface area contributed by atoms with E-state index in [1.165, 1.54) is 0 Å². The molecule has 0 unspecified atom stereocenters. The third kappa shape index (κ3) is 5.28. The van der Waals surface area contributed by atoms with Gasteiger partial charge in [-0.05, 0) is 33.6 Å². The van der Waals surface area contributed by atoms with E-state index in [4.69, 9.17) is 9.47 Å². The van der Waals surface area contributed by atoms with Crippen LogP contribution in [0.1, 0.15) is 33.6 Å². The second-order valence-corrected chi connectivity index (χ2v) is 5.54. The van der Waals surface area contributed by atoms with Gasteiger partial charge in [0.15, 0.2) is 6.29 Å². The van der Waals surface area contributed by atoms with E-state index in [1.54, 1.807) is 4.90 Å². The maximum Gasteiger partial charge on any atom is 0.410 e. The average molecular weight is 271 g/mol. The molecule has 6 heteroatoms. The second kappa shape index (κ2) is 6.54. The van der Waals surface area contributed by atoms with Crippen LogP contribution in [0.3, 0.4) is 0 Å². The summed E-state index contributed by atoms with van der Waals surface area (Å²) in [6.07, 6.45) is 1.27. The van der Waals surface area contributed by atoms with Gasteiger partial charge < -0.3 is 14.4 Å². The summed E-state index contributed by atoms with van der Waals surface area (Å²) in [6, 6.07) is 0. The molecule has 1 aliphatic heterocycles. The molecule has 0 aromatic heterocycles. The van der Waals surface area contributed by atoms with E-state index >= 15 is 0 Å². The van der Waals surface area contributed by atoms with Gasteiger partial charge in [-0.3, -0.25) is 9.59 Å². The Morgan fingerprint density at radius 1 is 1.26 bits per heavy atom. The van der Waals surface area contributed by atoms with Gasteiger partial charge in [-0.25, -0.2) is 4.79 Å². The van der Waals surface area contributed by atoms with Crippen molar-refractivity contribution < 1.29 is 23.9 Å². The maximum atomic E-state index is 11.8. The van der Waals surface area contributed by atoms with Gasteiger partial charge in [0.05, 0.1) is 5.92 Å². The van der Waals surface area contributed by atoms with Crippen molar-refractivity contribution >= 4 is 18.3 Å². The molecule has 0 aromatic rings. The van der Waals surface area contributed by atoms with Crippen molar-refractivity contribution in [3.63, 3.8) is 0 Å².